The van der Waals surface area contributed by atoms with Crippen LogP contribution in [0.5, 0.6) is 5.75 Å². The molecule has 0 aliphatic rings. The molecule has 2 aromatic rings. The molecule has 8 heteroatoms. The van der Waals surface area contributed by atoms with Crippen molar-refractivity contribution < 1.29 is 13.5 Å². The van der Waals surface area contributed by atoms with Crippen molar-refractivity contribution in [3.8, 4) is 5.75 Å². The molecule has 2 N–H and O–H groups in total. The highest BCUT2D eigenvalue weighted by Crippen LogP contribution is 2.21. The summed E-state index contributed by atoms with van der Waals surface area (Å²) in [5.41, 5.74) is 1.68. The van der Waals surface area contributed by atoms with Crippen molar-refractivity contribution in [3.63, 3.8) is 0 Å². The second-order valence-corrected chi connectivity index (χ2v) is 6.90. The predicted octanol–water partition coefficient (Wildman–Crippen LogP) is 3.66. The molecule has 0 atom stereocenters. The SMILES string of the molecule is CCNC(=NCc1ccccc1OC(F)F)NCCc1nc(C)c(C)s1. The summed E-state index contributed by atoms with van der Waals surface area (Å²) in [5.74, 6) is 0.778. The summed E-state index contributed by atoms with van der Waals surface area (Å²) in [4.78, 5) is 10.2. The van der Waals surface area contributed by atoms with Crippen molar-refractivity contribution in [2.75, 3.05) is 13.1 Å². The number of rotatable bonds is 8. The maximum Gasteiger partial charge on any atom is 0.387 e. The minimum absolute atomic E-state index is 0.149. The number of hydrogen-bond acceptors (Lipinski definition) is 4. The van der Waals surface area contributed by atoms with Crippen LogP contribution in [0.25, 0.3) is 0 Å². The van der Waals surface area contributed by atoms with Crippen LogP contribution in [0.3, 0.4) is 0 Å². The zero-order chi connectivity index (χ0) is 18.9. The number of alkyl halides is 2. The van der Waals surface area contributed by atoms with E-state index < -0.39 is 6.61 Å². The third-order valence-electron chi connectivity index (χ3n) is 3.64. The highest BCUT2D eigenvalue weighted by molar-refractivity contribution is 7.11. The molecule has 2 rings (SSSR count). The van der Waals surface area contributed by atoms with Crippen molar-refractivity contribution in [2.24, 2.45) is 4.99 Å². The van der Waals surface area contributed by atoms with Gasteiger partial charge in [0.2, 0.25) is 0 Å². The van der Waals surface area contributed by atoms with Crippen LogP contribution in [-0.2, 0) is 13.0 Å². The molecule has 0 fully saturated rings. The normalized spacial score (nSPS) is 11.7. The monoisotopic (exact) mass is 382 g/mol. The lowest BCUT2D eigenvalue weighted by atomic mass is 10.2. The molecule has 0 aliphatic heterocycles. The van der Waals surface area contributed by atoms with E-state index in [0.29, 0.717) is 24.6 Å². The Labute approximate surface area is 156 Å². The Balaban J connectivity index is 1.96. The van der Waals surface area contributed by atoms with E-state index in [4.69, 9.17) is 0 Å². The number of nitrogens with one attached hydrogen (secondary N) is 2. The summed E-state index contributed by atoms with van der Waals surface area (Å²) in [6.45, 7) is 4.83. The zero-order valence-corrected chi connectivity index (χ0v) is 16.0. The summed E-state index contributed by atoms with van der Waals surface area (Å²) in [7, 11) is 0. The van der Waals surface area contributed by atoms with E-state index in [1.807, 2.05) is 13.8 Å². The minimum atomic E-state index is -2.85. The lowest BCUT2D eigenvalue weighted by Crippen LogP contribution is -2.38. The second-order valence-electron chi connectivity index (χ2n) is 5.61. The van der Waals surface area contributed by atoms with Gasteiger partial charge in [-0.05, 0) is 26.8 Å². The molecule has 1 aromatic carbocycles. The Morgan fingerprint density at radius 2 is 2.04 bits per heavy atom. The van der Waals surface area contributed by atoms with Crippen molar-refractivity contribution in [1.29, 1.82) is 0 Å². The number of aliphatic imine (C=N–C) groups is 1. The minimum Gasteiger partial charge on any atom is -0.434 e. The fourth-order valence-electron chi connectivity index (χ4n) is 2.29. The molecule has 0 radical (unpaired) electrons. The first kappa shape index (κ1) is 20.1. The van der Waals surface area contributed by atoms with Crippen LogP contribution in [0.4, 0.5) is 8.78 Å². The van der Waals surface area contributed by atoms with E-state index in [1.54, 1.807) is 29.5 Å². The molecule has 142 valence electrons. The Morgan fingerprint density at radius 3 is 2.69 bits per heavy atom. The second kappa shape index (κ2) is 10.1. The van der Waals surface area contributed by atoms with Crippen molar-refractivity contribution in [2.45, 2.75) is 40.3 Å². The van der Waals surface area contributed by atoms with E-state index in [1.165, 1.54) is 10.9 Å². The number of thiazole rings is 1. The van der Waals surface area contributed by atoms with Gasteiger partial charge in [-0.1, -0.05) is 18.2 Å². The molecular formula is C18H24F2N4OS. The Morgan fingerprint density at radius 1 is 1.27 bits per heavy atom. The van der Waals surface area contributed by atoms with E-state index in [2.05, 4.69) is 32.3 Å². The summed E-state index contributed by atoms with van der Waals surface area (Å²) < 4.78 is 29.5. The predicted molar refractivity (Wildman–Crippen MR) is 101 cm³/mol. The summed E-state index contributed by atoms with van der Waals surface area (Å²) in [6.07, 6.45) is 0.800. The molecule has 0 saturated heterocycles. The largest absolute Gasteiger partial charge is 0.434 e. The Bertz CT molecular complexity index is 714. The van der Waals surface area contributed by atoms with Crippen LogP contribution in [0.2, 0.25) is 0 Å². The first-order valence-corrected chi connectivity index (χ1v) is 9.29. The number of aromatic nitrogens is 1. The first-order valence-electron chi connectivity index (χ1n) is 8.47. The standard InChI is InChI=1S/C18H24F2N4OS/c1-4-21-18(22-10-9-16-24-12(2)13(3)26-16)23-11-14-7-5-6-8-15(14)25-17(19)20/h5-8,17H,4,9-11H2,1-3H3,(H2,21,22,23). The van der Waals surface area contributed by atoms with Crippen LogP contribution in [0.15, 0.2) is 29.3 Å². The summed E-state index contributed by atoms with van der Waals surface area (Å²) in [6, 6.07) is 6.68. The van der Waals surface area contributed by atoms with Gasteiger partial charge < -0.3 is 15.4 Å². The number of benzene rings is 1. The number of aryl methyl sites for hydroxylation is 2. The average Bonchev–Trinajstić information content (AvgIpc) is 2.91. The molecule has 1 heterocycles. The smallest absolute Gasteiger partial charge is 0.387 e. The van der Waals surface area contributed by atoms with Crippen molar-refractivity contribution >= 4 is 17.3 Å². The van der Waals surface area contributed by atoms with Crippen LogP contribution in [0, 0.1) is 13.8 Å². The highest BCUT2D eigenvalue weighted by Gasteiger charge is 2.09. The maximum absolute atomic E-state index is 12.5. The fraction of sp³-hybridized carbons (Fsp3) is 0.444. The van der Waals surface area contributed by atoms with Crippen LogP contribution in [-0.4, -0.2) is 30.6 Å². The third-order valence-corrected chi connectivity index (χ3v) is 4.78. The van der Waals surface area contributed by atoms with Gasteiger partial charge in [0.15, 0.2) is 5.96 Å². The van der Waals surface area contributed by atoms with Crippen molar-refractivity contribution in [1.82, 2.24) is 15.6 Å². The van der Waals surface area contributed by atoms with Gasteiger partial charge in [-0.3, -0.25) is 0 Å². The van der Waals surface area contributed by atoms with Gasteiger partial charge in [0.25, 0.3) is 0 Å². The van der Waals surface area contributed by atoms with Crippen LogP contribution < -0.4 is 15.4 Å². The van der Waals surface area contributed by atoms with Gasteiger partial charge in [0.05, 0.1) is 17.2 Å². The number of nitrogens with zero attached hydrogens (tertiary/aromatic N) is 2. The average molecular weight is 382 g/mol. The number of para-hydroxylation sites is 1. The van der Waals surface area contributed by atoms with E-state index in [-0.39, 0.29) is 12.3 Å². The van der Waals surface area contributed by atoms with E-state index in [0.717, 1.165) is 17.1 Å². The number of guanidine groups is 1. The maximum atomic E-state index is 12.5. The van der Waals surface area contributed by atoms with Gasteiger partial charge in [0.1, 0.15) is 5.75 Å². The molecule has 0 amide bonds. The summed E-state index contributed by atoms with van der Waals surface area (Å²) in [5, 5.41) is 7.48. The molecular weight excluding hydrogens is 358 g/mol. The molecule has 1 aromatic heterocycles. The lowest BCUT2D eigenvalue weighted by Gasteiger charge is -2.12. The topological polar surface area (TPSA) is 58.5 Å². The van der Waals surface area contributed by atoms with E-state index >= 15 is 0 Å². The highest BCUT2D eigenvalue weighted by atomic mass is 32.1. The molecule has 0 aliphatic carbocycles. The molecule has 0 spiro atoms. The van der Waals surface area contributed by atoms with Gasteiger partial charge in [-0.2, -0.15) is 8.78 Å². The fourth-order valence-corrected chi connectivity index (χ4v) is 3.22. The number of hydrogen-bond donors (Lipinski definition) is 2. The first-order chi connectivity index (χ1) is 12.5. The molecule has 0 unspecified atom stereocenters. The molecule has 26 heavy (non-hydrogen) atoms. The Hall–Kier alpha value is -2.22. The zero-order valence-electron chi connectivity index (χ0n) is 15.2. The van der Waals surface area contributed by atoms with Crippen LogP contribution >= 0.6 is 11.3 Å². The Kier molecular flexibility index (Phi) is 7.77. The third kappa shape index (κ3) is 6.25. The lowest BCUT2D eigenvalue weighted by molar-refractivity contribution is -0.0504. The van der Waals surface area contributed by atoms with Crippen LogP contribution in [0.1, 0.15) is 28.1 Å². The summed E-state index contributed by atoms with van der Waals surface area (Å²) >= 11 is 1.70. The van der Waals surface area contributed by atoms with Crippen molar-refractivity contribution in [3.05, 3.63) is 45.4 Å². The molecule has 5 nitrogen and oxygen atoms in total. The van der Waals surface area contributed by atoms with Gasteiger partial charge in [0, 0.05) is 30.0 Å². The number of halogens is 2. The molecule has 0 bridgehead atoms. The number of ether oxygens (including phenoxy) is 1. The quantitative estimate of drug-likeness (QED) is 0.540. The van der Waals surface area contributed by atoms with Gasteiger partial charge >= 0.3 is 6.61 Å². The van der Waals surface area contributed by atoms with Gasteiger partial charge in [-0.25, -0.2) is 9.98 Å². The van der Waals surface area contributed by atoms with Gasteiger partial charge in [-0.15, -0.1) is 11.3 Å². The molecule has 0 saturated carbocycles. The van der Waals surface area contributed by atoms with E-state index in [9.17, 15) is 8.78 Å².